The lowest BCUT2D eigenvalue weighted by Gasteiger charge is -2.11. The van der Waals surface area contributed by atoms with Gasteiger partial charge in [0.2, 0.25) is 0 Å². The number of phenolic OH excluding ortho intramolecular Hbond substituents is 1. The van der Waals surface area contributed by atoms with E-state index in [4.69, 9.17) is 16.3 Å². The monoisotopic (exact) mass is 241 g/mol. The Labute approximate surface area is 98.2 Å². The van der Waals surface area contributed by atoms with Crippen molar-refractivity contribution < 1.29 is 14.6 Å². The van der Waals surface area contributed by atoms with Crippen molar-refractivity contribution >= 4 is 23.2 Å². The molecule has 0 aliphatic carbocycles. The van der Waals surface area contributed by atoms with Crippen LogP contribution in [0.4, 0.5) is 5.69 Å². The fourth-order valence-electron chi connectivity index (χ4n) is 1.61. The number of carbonyl (C=O) groups is 1. The number of hydrogen-bond donors (Lipinski definition) is 2. The lowest BCUT2D eigenvalue weighted by Crippen LogP contribution is -2.26. The Bertz CT molecular complexity index is 402. The van der Waals surface area contributed by atoms with Crippen LogP contribution in [0.15, 0.2) is 18.2 Å². The standard InChI is InChI=1S/C11H12ClNO3/c12-7-3-4-8(9(14)6-7)13-11(15)10-2-1-5-16-10/h3-4,6,10,14H,1-2,5H2,(H,13,15)/t10-/m0/s1. The molecule has 1 aliphatic heterocycles. The molecule has 2 N–H and O–H groups in total. The molecule has 1 aromatic rings. The summed E-state index contributed by atoms with van der Waals surface area (Å²) in [5.41, 5.74) is 0.352. The number of nitrogens with one attached hydrogen (secondary N) is 1. The van der Waals surface area contributed by atoms with E-state index in [1.54, 1.807) is 12.1 Å². The molecule has 16 heavy (non-hydrogen) atoms. The maximum Gasteiger partial charge on any atom is 0.253 e. The summed E-state index contributed by atoms with van der Waals surface area (Å²) in [5, 5.41) is 12.6. The van der Waals surface area contributed by atoms with Gasteiger partial charge < -0.3 is 15.2 Å². The zero-order valence-electron chi connectivity index (χ0n) is 8.57. The van der Waals surface area contributed by atoms with E-state index in [2.05, 4.69) is 5.32 Å². The molecule has 86 valence electrons. The summed E-state index contributed by atoms with van der Waals surface area (Å²) < 4.78 is 5.23. The third-order valence-corrected chi connectivity index (χ3v) is 2.67. The van der Waals surface area contributed by atoms with Gasteiger partial charge >= 0.3 is 0 Å². The molecule has 0 spiro atoms. The largest absolute Gasteiger partial charge is 0.506 e. The van der Waals surface area contributed by atoms with Crippen LogP contribution in [0.1, 0.15) is 12.8 Å². The van der Waals surface area contributed by atoms with Crippen LogP contribution < -0.4 is 5.32 Å². The topological polar surface area (TPSA) is 58.6 Å². The molecule has 0 bridgehead atoms. The number of anilines is 1. The Hall–Kier alpha value is -1.26. The number of amides is 1. The molecule has 2 rings (SSSR count). The highest BCUT2D eigenvalue weighted by atomic mass is 35.5. The highest BCUT2D eigenvalue weighted by Crippen LogP contribution is 2.27. The van der Waals surface area contributed by atoms with Crippen molar-refractivity contribution in [3.05, 3.63) is 23.2 Å². The maximum absolute atomic E-state index is 11.7. The van der Waals surface area contributed by atoms with E-state index in [1.165, 1.54) is 6.07 Å². The van der Waals surface area contributed by atoms with Crippen molar-refractivity contribution in [1.29, 1.82) is 0 Å². The molecule has 4 nitrogen and oxygen atoms in total. The molecule has 1 atom stereocenters. The molecule has 0 unspecified atom stereocenters. The van der Waals surface area contributed by atoms with Crippen LogP contribution in [0.25, 0.3) is 0 Å². The summed E-state index contributed by atoms with van der Waals surface area (Å²) in [5.74, 6) is -0.269. The van der Waals surface area contributed by atoms with Crippen LogP contribution in [0.5, 0.6) is 5.75 Å². The van der Waals surface area contributed by atoms with Crippen LogP contribution in [0.3, 0.4) is 0 Å². The Morgan fingerprint density at radius 1 is 1.56 bits per heavy atom. The van der Waals surface area contributed by atoms with Crippen molar-refractivity contribution in [2.24, 2.45) is 0 Å². The lowest BCUT2D eigenvalue weighted by molar-refractivity contribution is -0.124. The normalized spacial score (nSPS) is 19.7. The molecular formula is C11H12ClNO3. The number of hydrogen-bond acceptors (Lipinski definition) is 3. The Morgan fingerprint density at radius 3 is 3.00 bits per heavy atom. The van der Waals surface area contributed by atoms with Gasteiger partial charge in [0.05, 0.1) is 5.69 Å². The number of carbonyl (C=O) groups excluding carboxylic acids is 1. The van der Waals surface area contributed by atoms with Crippen LogP contribution in [0.2, 0.25) is 5.02 Å². The highest BCUT2D eigenvalue weighted by Gasteiger charge is 2.24. The Balaban J connectivity index is 2.05. The van der Waals surface area contributed by atoms with Gasteiger partial charge in [0.15, 0.2) is 0 Å². The van der Waals surface area contributed by atoms with E-state index in [1.807, 2.05) is 0 Å². The van der Waals surface area contributed by atoms with Gasteiger partial charge in [-0.25, -0.2) is 0 Å². The molecule has 5 heteroatoms. The van der Waals surface area contributed by atoms with Crippen molar-refractivity contribution in [3.8, 4) is 5.75 Å². The Morgan fingerprint density at radius 2 is 2.38 bits per heavy atom. The molecule has 1 saturated heterocycles. The van der Waals surface area contributed by atoms with E-state index in [9.17, 15) is 9.90 Å². The smallest absolute Gasteiger partial charge is 0.253 e. The van der Waals surface area contributed by atoms with Crippen LogP contribution in [0, 0.1) is 0 Å². The predicted molar refractivity (Wildman–Crippen MR) is 60.7 cm³/mol. The molecule has 1 heterocycles. The van der Waals surface area contributed by atoms with Gasteiger partial charge in [0.25, 0.3) is 5.91 Å². The van der Waals surface area contributed by atoms with E-state index in [0.29, 0.717) is 17.3 Å². The third kappa shape index (κ3) is 2.46. The van der Waals surface area contributed by atoms with Gasteiger partial charge in [-0.05, 0) is 25.0 Å². The number of benzene rings is 1. The summed E-state index contributed by atoms with van der Waals surface area (Å²) >= 11 is 5.68. The zero-order chi connectivity index (χ0) is 11.5. The second-order valence-electron chi connectivity index (χ2n) is 3.65. The molecule has 0 aromatic heterocycles. The Kier molecular flexibility index (Phi) is 3.31. The van der Waals surface area contributed by atoms with E-state index in [0.717, 1.165) is 12.8 Å². The maximum atomic E-state index is 11.7. The average Bonchev–Trinajstić information content (AvgIpc) is 2.75. The molecule has 0 radical (unpaired) electrons. The molecule has 1 aliphatic rings. The van der Waals surface area contributed by atoms with Crippen molar-refractivity contribution in [2.45, 2.75) is 18.9 Å². The lowest BCUT2D eigenvalue weighted by atomic mass is 10.2. The molecule has 1 fully saturated rings. The first-order chi connectivity index (χ1) is 7.66. The molecule has 1 aromatic carbocycles. The minimum atomic E-state index is -0.407. The van der Waals surface area contributed by atoms with Crippen LogP contribution in [-0.2, 0) is 9.53 Å². The van der Waals surface area contributed by atoms with Gasteiger partial charge in [0.1, 0.15) is 11.9 Å². The van der Waals surface area contributed by atoms with E-state index < -0.39 is 6.10 Å². The van der Waals surface area contributed by atoms with Gasteiger partial charge in [0, 0.05) is 17.7 Å². The fourth-order valence-corrected chi connectivity index (χ4v) is 1.77. The minimum Gasteiger partial charge on any atom is -0.506 e. The number of rotatable bonds is 2. The van der Waals surface area contributed by atoms with E-state index >= 15 is 0 Å². The highest BCUT2D eigenvalue weighted by molar-refractivity contribution is 6.30. The molecule has 0 saturated carbocycles. The van der Waals surface area contributed by atoms with Crippen LogP contribution >= 0.6 is 11.6 Å². The molecule has 1 amide bonds. The van der Waals surface area contributed by atoms with Gasteiger partial charge in [-0.3, -0.25) is 4.79 Å². The average molecular weight is 242 g/mol. The van der Waals surface area contributed by atoms with Crippen LogP contribution in [-0.4, -0.2) is 23.7 Å². The summed E-state index contributed by atoms with van der Waals surface area (Å²) in [4.78, 5) is 11.7. The van der Waals surface area contributed by atoms with Crippen molar-refractivity contribution in [3.63, 3.8) is 0 Å². The van der Waals surface area contributed by atoms with Gasteiger partial charge in [-0.1, -0.05) is 11.6 Å². The first kappa shape index (κ1) is 11.2. The van der Waals surface area contributed by atoms with Crippen molar-refractivity contribution in [1.82, 2.24) is 0 Å². The van der Waals surface area contributed by atoms with Gasteiger partial charge in [-0.2, -0.15) is 0 Å². The number of ether oxygens (including phenoxy) is 1. The quantitative estimate of drug-likeness (QED) is 0.780. The number of aromatic hydroxyl groups is 1. The minimum absolute atomic E-state index is 0.0427. The van der Waals surface area contributed by atoms with Crippen molar-refractivity contribution in [2.75, 3.05) is 11.9 Å². The second-order valence-corrected chi connectivity index (χ2v) is 4.09. The fraction of sp³-hybridized carbons (Fsp3) is 0.364. The third-order valence-electron chi connectivity index (χ3n) is 2.44. The second kappa shape index (κ2) is 4.72. The summed E-state index contributed by atoms with van der Waals surface area (Å²) in [7, 11) is 0. The summed E-state index contributed by atoms with van der Waals surface area (Å²) in [6.45, 7) is 0.616. The summed E-state index contributed by atoms with van der Waals surface area (Å²) in [6.07, 6.45) is 1.21. The predicted octanol–water partition coefficient (Wildman–Crippen LogP) is 2.16. The first-order valence-electron chi connectivity index (χ1n) is 5.08. The number of halogens is 1. The van der Waals surface area contributed by atoms with E-state index in [-0.39, 0.29) is 11.7 Å². The first-order valence-corrected chi connectivity index (χ1v) is 5.45. The number of phenols is 1. The summed E-state index contributed by atoms with van der Waals surface area (Å²) in [6, 6.07) is 4.55. The zero-order valence-corrected chi connectivity index (χ0v) is 9.33. The van der Waals surface area contributed by atoms with Gasteiger partial charge in [-0.15, -0.1) is 0 Å². The molecular weight excluding hydrogens is 230 g/mol. The SMILES string of the molecule is O=C(Nc1ccc(Cl)cc1O)[C@@H]1CCCO1.